The van der Waals surface area contributed by atoms with Crippen LogP contribution in [0.3, 0.4) is 0 Å². The van der Waals surface area contributed by atoms with Crippen LogP contribution in [0.4, 0.5) is 0 Å². The van der Waals surface area contributed by atoms with Crippen molar-refractivity contribution in [3.05, 3.63) is 35.5 Å². The summed E-state index contributed by atoms with van der Waals surface area (Å²) in [6.45, 7) is 10.9. The molecule has 1 fully saturated rings. The predicted octanol–water partition coefficient (Wildman–Crippen LogP) is 4.08. The Kier molecular flexibility index (Phi) is 7.17. The van der Waals surface area contributed by atoms with Crippen LogP contribution >= 0.6 is 0 Å². The minimum Gasteiger partial charge on any atom is -0.462 e. The third-order valence-corrected chi connectivity index (χ3v) is 5.45. The van der Waals surface area contributed by atoms with Crippen molar-refractivity contribution in [1.29, 1.82) is 0 Å². The zero-order valence-electron chi connectivity index (χ0n) is 16.7. The monoisotopic (exact) mass is 374 g/mol. The molecule has 2 aliphatic rings. The van der Waals surface area contributed by atoms with Crippen LogP contribution in [0.1, 0.15) is 59.8 Å². The molecular weight excluding hydrogens is 344 g/mol. The van der Waals surface area contributed by atoms with Gasteiger partial charge in [0.15, 0.2) is 0 Å². The van der Waals surface area contributed by atoms with E-state index in [-0.39, 0.29) is 11.7 Å². The number of ether oxygens (including phenoxy) is 2. The summed E-state index contributed by atoms with van der Waals surface area (Å²) in [5, 5.41) is 0. The first-order chi connectivity index (χ1) is 12.7. The molecule has 0 aromatic rings. The SMILES string of the molecule is C=C1C(=O)O[C@@H]2/C=C(\C)CC/C=C(\C)CCC(C(C)=O)C(OC(C)=O)C[C@H]12. The number of carbonyl (C=O) groups is 3. The van der Waals surface area contributed by atoms with Crippen molar-refractivity contribution >= 4 is 17.7 Å². The molecule has 1 heterocycles. The van der Waals surface area contributed by atoms with Gasteiger partial charge < -0.3 is 9.47 Å². The number of fused-ring (bicyclic) bond motifs is 1. The molecular formula is C22H30O5. The second-order valence-corrected chi connectivity index (χ2v) is 7.74. The van der Waals surface area contributed by atoms with Gasteiger partial charge in [-0.15, -0.1) is 0 Å². The number of ketones is 1. The van der Waals surface area contributed by atoms with Gasteiger partial charge in [-0.05, 0) is 59.0 Å². The van der Waals surface area contributed by atoms with Gasteiger partial charge in [0.25, 0.3) is 0 Å². The van der Waals surface area contributed by atoms with Gasteiger partial charge in [0.05, 0.1) is 5.92 Å². The predicted molar refractivity (Wildman–Crippen MR) is 103 cm³/mol. The van der Waals surface area contributed by atoms with E-state index in [2.05, 4.69) is 19.6 Å². The lowest BCUT2D eigenvalue weighted by Crippen LogP contribution is -2.34. The van der Waals surface area contributed by atoms with E-state index in [9.17, 15) is 14.4 Å². The zero-order chi connectivity index (χ0) is 20.1. The van der Waals surface area contributed by atoms with E-state index >= 15 is 0 Å². The molecule has 0 spiro atoms. The fraction of sp³-hybridized carbons (Fsp3) is 0.591. The molecule has 148 valence electrons. The molecule has 0 amide bonds. The number of allylic oxidation sites excluding steroid dienone is 3. The highest BCUT2D eigenvalue weighted by Crippen LogP contribution is 2.36. The topological polar surface area (TPSA) is 69.7 Å². The van der Waals surface area contributed by atoms with E-state index in [1.165, 1.54) is 19.4 Å². The maximum Gasteiger partial charge on any atom is 0.334 e. The van der Waals surface area contributed by atoms with Crippen molar-refractivity contribution in [2.24, 2.45) is 11.8 Å². The fourth-order valence-corrected chi connectivity index (χ4v) is 3.86. The summed E-state index contributed by atoms with van der Waals surface area (Å²) in [5.41, 5.74) is 2.75. The highest BCUT2D eigenvalue weighted by molar-refractivity contribution is 5.91. The number of rotatable bonds is 2. The average Bonchev–Trinajstić information content (AvgIpc) is 2.81. The van der Waals surface area contributed by atoms with Gasteiger partial charge in [0.1, 0.15) is 18.0 Å². The first-order valence-electron chi connectivity index (χ1n) is 9.59. The summed E-state index contributed by atoms with van der Waals surface area (Å²) >= 11 is 0. The maximum atomic E-state index is 12.3. The summed E-state index contributed by atoms with van der Waals surface area (Å²) in [4.78, 5) is 36.1. The van der Waals surface area contributed by atoms with Gasteiger partial charge in [-0.2, -0.15) is 0 Å². The Labute approximate surface area is 161 Å². The van der Waals surface area contributed by atoms with Crippen LogP contribution in [-0.4, -0.2) is 29.9 Å². The van der Waals surface area contributed by atoms with Crippen molar-refractivity contribution in [2.75, 3.05) is 0 Å². The summed E-state index contributed by atoms with van der Waals surface area (Å²) < 4.78 is 11.0. The van der Waals surface area contributed by atoms with Crippen molar-refractivity contribution in [1.82, 2.24) is 0 Å². The molecule has 0 aromatic heterocycles. The van der Waals surface area contributed by atoms with Crippen LogP contribution in [0, 0.1) is 11.8 Å². The molecule has 0 N–H and O–H groups in total. The van der Waals surface area contributed by atoms with Crippen LogP contribution in [0.5, 0.6) is 0 Å². The molecule has 4 atom stereocenters. The number of Topliss-reactive ketones (excluding diaryl/α,β-unsaturated/α-hetero) is 1. The third-order valence-electron chi connectivity index (χ3n) is 5.45. The smallest absolute Gasteiger partial charge is 0.334 e. The lowest BCUT2D eigenvalue weighted by molar-refractivity contribution is -0.152. The maximum absolute atomic E-state index is 12.3. The van der Waals surface area contributed by atoms with Crippen molar-refractivity contribution in [3.8, 4) is 0 Å². The molecule has 5 heteroatoms. The Morgan fingerprint density at radius 1 is 1.19 bits per heavy atom. The highest BCUT2D eigenvalue weighted by Gasteiger charge is 2.41. The van der Waals surface area contributed by atoms with E-state index in [4.69, 9.17) is 9.47 Å². The van der Waals surface area contributed by atoms with Crippen LogP contribution in [-0.2, 0) is 23.9 Å². The fourth-order valence-electron chi connectivity index (χ4n) is 3.86. The summed E-state index contributed by atoms with van der Waals surface area (Å²) in [5.74, 6) is -1.57. The lowest BCUT2D eigenvalue weighted by Gasteiger charge is -2.28. The summed E-state index contributed by atoms with van der Waals surface area (Å²) in [7, 11) is 0. The Balaban J connectivity index is 2.41. The molecule has 2 rings (SSSR count). The van der Waals surface area contributed by atoms with Crippen molar-refractivity contribution in [2.45, 2.75) is 72.0 Å². The minimum absolute atomic E-state index is 0.0111. The molecule has 27 heavy (non-hydrogen) atoms. The van der Waals surface area contributed by atoms with Gasteiger partial charge in [0, 0.05) is 18.4 Å². The van der Waals surface area contributed by atoms with E-state index < -0.39 is 30.1 Å². The van der Waals surface area contributed by atoms with Crippen LogP contribution in [0.2, 0.25) is 0 Å². The molecule has 0 bridgehead atoms. The second-order valence-electron chi connectivity index (χ2n) is 7.74. The van der Waals surface area contributed by atoms with E-state index in [1.54, 1.807) is 0 Å². The largest absolute Gasteiger partial charge is 0.462 e. The molecule has 0 aromatic carbocycles. The molecule has 0 radical (unpaired) electrons. The van der Waals surface area contributed by atoms with E-state index in [0.717, 1.165) is 24.8 Å². The molecule has 0 saturated carbocycles. The first kappa shape index (κ1) is 21.1. The van der Waals surface area contributed by atoms with Gasteiger partial charge >= 0.3 is 11.9 Å². The zero-order valence-corrected chi connectivity index (χ0v) is 16.7. The van der Waals surface area contributed by atoms with Gasteiger partial charge in [-0.1, -0.05) is 23.8 Å². The molecule has 1 saturated heterocycles. The van der Waals surface area contributed by atoms with E-state index in [0.29, 0.717) is 18.4 Å². The van der Waals surface area contributed by atoms with Gasteiger partial charge in [0.2, 0.25) is 0 Å². The van der Waals surface area contributed by atoms with Gasteiger partial charge in [-0.25, -0.2) is 4.79 Å². The number of hydrogen-bond donors (Lipinski definition) is 0. The standard InChI is InChI=1S/C22H30O5/c1-13-7-6-8-14(2)11-20-19(15(3)22(25)27-20)12-21(26-17(5)24)18(10-9-13)16(4)23/h7,11,18-21H,3,6,8-10,12H2,1-2,4-5H3/b13-7+,14-11+/t18?,19-,20-,21?/m1/s1. The first-order valence-corrected chi connectivity index (χ1v) is 9.59. The van der Waals surface area contributed by atoms with Crippen LogP contribution in [0.15, 0.2) is 35.5 Å². The Morgan fingerprint density at radius 3 is 2.52 bits per heavy atom. The lowest BCUT2D eigenvalue weighted by atomic mass is 9.82. The molecule has 1 aliphatic carbocycles. The summed E-state index contributed by atoms with van der Waals surface area (Å²) in [6.07, 6.45) is 6.65. The Hall–Kier alpha value is -2.17. The third kappa shape index (κ3) is 5.65. The Bertz CT molecular complexity index is 685. The normalized spacial score (nSPS) is 33.8. The Morgan fingerprint density at radius 2 is 1.89 bits per heavy atom. The van der Waals surface area contributed by atoms with Crippen LogP contribution < -0.4 is 0 Å². The highest BCUT2D eigenvalue weighted by atomic mass is 16.6. The number of esters is 2. The van der Waals surface area contributed by atoms with Gasteiger partial charge in [-0.3, -0.25) is 9.59 Å². The van der Waals surface area contributed by atoms with E-state index in [1.807, 2.05) is 13.0 Å². The molecule has 5 nitrogen and oxygen atoms in total. The minimum atomic E-state index is -0.596. The number of carbonyl (C=O) groups excluding carboxylic acids is 3. The average molecular weight is 374 g/mol. The van der Waals surface area contributed by atoms with Crippen molar-refractivity contribution in [3.63, 3.8) is 0 Å². The van der Waals surface area contributed by atoms with Crippen molar-refractivity contribution < 1.29 is 23.9 Å². The van der Waals surface area contributed by atoms with Crippen LogP contribution in [0.25, 0.3) is 0 Å². The molecule has 1 aliphatic heterocycles. The second kappa shape index (κ2) is 9.16. The molecule has 2 unspecified atom stereocenters. The number of hydrogen-bond acceptors (Lipinski definition) is 5. The quantitative estimate of drug-likeness (QED) is 0.414. The summed E-state index contributed by atoms with van der Waals surface area (Å²) in [6, 6.07) is 0.